The van der Waals surface area contributed by atoms with Gasteiger partial charge in [-0.15, -0.1) is 0 Å². The molecule has 0 aliphatic carbocycles. The lowest BCUT2D eigenvalue weighted by Crippen LogP contribution is -2.47. The highest BCUT2D eigenvalue weighted by atomic mass is 32.2. The molecule has 1 atom stereocenters. The molecule has 0 saturated carbocycles. The zero-order chi connectivity index (χ0) is 24.2. The normalized spacial score (nSPS) is 16.3. The Labute approximate surface area is 195 Å². The van der Waals surface area contributed by atoms with Crippen LogP contribution in [0.5, 0.6) is 0 Å². The Morgan fingerprint density at radius 3 is 2.48 bits per heavy atom. The van der Waals surface area contributed by atoms with Crippen molar-refractivity contribution >= 4 is 44.9 Å². The van der Waals surface area contributed by atoms with E-state index in [1.165, 1.54) is 19.1 Å². The third kappa shape index (κ3) is 6.06. The molecule has 1 fully saturated rings. The van der Waals surface area contributed by atoms with Crippen LogP contribution in [0.1, 0.15) is 18.1 Å². The van der Waals surface area contributed by atoms with Crippen LogP contribution in [0.15, 0.2) is 58.3 Å². The number of thioether (sulfide) groups is 1. The molecular formula is C22H22FN3O5S2. The van der Waals surface area contributed by atoms with E-state index in [0.29, 0.717) is 0 Å². The maximum atomic E-state index is 13.8. The van der Waals surface area contributed by atoms with Gasteiger partial charge in [-0.3, -0.25) is 19.3 Å². The molecule has 0 radical (unpaired) electrons. The summed E-state index contributed by atoms with van der Waals surface area (Å²) in [6, 6.07) is 11.1. The lowest BCUT2D eigenvalue weighted by Gasteiger charge is -2.16. The van der Waals surface area contributed by atoms with Crippen molar-refractivity contribution in [2.75, 3.05) is 13.1 Å². The van der Waals surface area contributed by atoms with Gasteiger partial charge in [-0.2, -0.15) is 4.72 Å². The van der Waals surface area contributed by atoms with Crippen LogP contribution in [0.4, 0.5) is 9.18 Å². The summed E-state index contributed by atoms with van der Waals surface area (Å²) >= 11 is 0.811. The first-order valence-electron chi connectivity index (χ1n) is 9.95. The number of carbonyl (C=O) groups is 3. The summed E-state index contributed by atoms with van der Waals surface area (Å²) in [5.41, 5.74) is 1.86. The largest absolute Gasteiger partial charge is 0.353 e. The summed E-state index contributed by atoms with van der Waals surface area (Å²) in [6.45, 7) is 3.10. The molecule has 174 valence electrons. The number of amides is 3. The number of nitrogens with one attached hydrogen (secondary N) is 2. The lowest BCUT2D eigenvalue weighted by atomic mass is 10.1. The molecule has 0 aromatic heterocycles. The van der Waals surface area contributed by atoms with E-state index in [-0.39, 0.29) is 18.0 Å². The molecule has 0 spiro atoms. The Balaban J connectivity index is 1.54. The van der Waals surface area contributed by atoms with Gasteiger partial charge in [0.2, 0.25) is 15.9 Å². The fourth-order valence-corrected chi connectivity index (χ4v) is 5.11. The van der Waals surface area contributed by atoms with Crippen LogP contribution in [0, 0.1) is 12.7 Å². The molecule has 1 aliphatic heterocycles. The summed E-state index contributed by atoms with van der Waals surface area (Å²) in [4.78, 5) is 37.8. The number of nitrogens with zero attached hydrogens (tertiary/aromatic N) is 1. The second-order valence-electron chi connectivity index (χ2n) is 7.31. The molecule has 11 heteroatoms. The molecule has 2 N–H and O–H groups in total. The molecule has 0 bridgehead atoms. The lowest BCUT2D eigenvalue weighted by molar-refractivity contribution is -0.124. The van der Waals surface area contributed by atoms with Crippen molar-refractivity contribution in [3.8, 4) is 0 Å². The first-order valence-corrected chi connectivity index (χ1v) is 12.2. The Bertz CT molecular complexity index is 1210. The van der Waals surface area contributed by atoms with Crippen LogP contribution in [-0.4, -0.2) is 49.5 Å². The van der Waals surface area contributed by atoms with Crippen LogP contribution in [0.3, 0.4) is 0 Å². The third-order valence-corrected chi connectivity index (χ3v) is 7.22. The van der Waals surface area contributed by atoms with Gasteiger partial charge < -0.3 is 5.32 Å². The molecule has 3 rings (SSSR count). The van der Waals surface area contributed by atoms with Gasteiger partial charge >= 0.3 is 0 Å². The predicted molar refractivity (Wildman–Crippen MR) is 123 cm³/mol. The van der Waals surface area contributed by atoms with Crippen molar-refractivity contribution in [1.82, 2.24) is 14.9 Å². The number of carbonyl (C=O) groups excluding carboxylic acids is 3. The van der Waals surface area contributed by atoms with Crippen LogP contribution >= 0.6 is 11.8 Å². The van der Waals surface area contributed by atoms with Gasteiger partial charge in [0.15, 0.2) is 0 Å². The summed E-state index contributed by atoms with van der Waals surface area (Å²) in [5.74, 6) is -2.08. The van der Waals surface area contributed by atoms with Gasteiger partial charge in [-0.05, 0) is 49.4 Å². The molecule has 1 saturated heterocycles. The summed E-state index contributed by atoms with van der Waals surface area (Å²) in [6.07, 6.45) is 1.63. The van der Waals surface area contributed by atoms with E-state index in [2.05, 4.69) is 10.0 Å². The topological polar surface area (TPSA) is 113 Å². The Kier molecular flexibility index (Phi) is 7.67. The molecule has 1 heterocycles. The SMILES string of the molecule is Cc1ccc(/C=C2/SC(=O)N(CCNC(=O)[C@H](C)NS(=O)(=O)c3ccccc3F)C2=O)cc1. The number of sulfonamides is 1. The highest BCUT2D eigenvalue weighted by Crippen LogP contribution is 2.31. The van der Waals surface area contributed by atoms with Crippen molar-refractivity contribution in [3.05, 3.63) is 70.4 Å². The minimum absolute atomic E-state index is 0.0690. The van der Waals surface area contributed by atoms with E-state index >= 15 is 0 Å². The minimum Gasteiger partial charge on any atom is -0.353 e. The predicted octanol–water partition coefficient (Wildman–Crippen LogP) is 2.65. The fraction of sp³-hybridized carbons (Fsp3) is 0.227. The van der Waals surface area contributed by atoms with E-state index in [9.17, 15) is 27.2 Å². The first-order chi connectivity index (χ1) is 15.6. The standard InChI is InChI=1S/C22H22FN3O5S2/c1-14-7-9-16(10-8-14)13-18-21(28)26(22(29)32-18)12-11-24-20(27)15(2)25-33(30,31)19-6-4-3-5-17(19)23/h3-10,13,15,25H,11-12H2,1-2H3,(H,24,27)/b18-13+/t15-/m0/s1. The molecule has 33 heavy (non-hydrogen) atoms. The van der Waals surface area contributed by atoms with E-state index in [1.807, 2.05) is 31.2 Å². The van der Waals surface area contributed by atoms with Gasteiger partial charge in [0.1, 0.15) is 10.7 Å². The van der Waals surface area contributed by atoms with Crippen LogP contribution in [0.25, 0.3) is 6.08 Å². The number of hydrogen-bond donors (Lipinski definition) is 2. The molecule has 2 aromatic rings. The Morgan fingerprint density at radius 2 is 1.82 bits per heavy atom. The van der Waals surface area contributed by atoms with Gasteiger partial charge in [-0.1, -0.05) is 42.0 Å². The van der Waals surface area contributed by atoms with Crippen molar-refractivity contribution in [3.63, 3.8) is 0 Å². The van der Waals surface area contributed by atoms with Gasteiger partial charge in [0.25, 0.3) is 11.1 Å². The van der Waals surface area contributed by atoms with E-state index in [0.717, 1.165) is 39.9 Å². The second-order valence-corrected chi connectivity index (χ2v) is 9.98. The highest BCUT2D eigenvalue weighted by Gasteiger charge is 2.34. The molecule has 0 unspecified atom stereocenters. The summed E-state index contributed by atoms with van der Waals surface area (Å²) in [7, 11) is -4.25. The van der Waals surface area contributed by atoms with Crippen molar-refractivity contribution in [2.45, 2.75) is 24.8 Å². The first kappa shape index (κ1) is 24.6. The Hall–Kier alpha value is -3.02. The third-order valence-electron chi connectivity index (χ3n) is 4.73. The number of halogens is 1. The average molecular weight is 492 g/mol. The van der Waals surface area contributed by atoms with Gasteiger partial charge in [0, 0.05) is 13.1 Å². The van der Waals surface area contributed by atoms with Crippen molar-refractivity contribution in [1.29, 1.82) is 0 Å². The van der Waals surface area contributed by atoms with Gasteiger partial charge in [0.05, 0.1) is 10.9 Å². The smallest absolute Gasteiger partial charge is 0.293 e. The van der Waals surface area contributed by atoms with Crippen molar-refractivity contribution in [2.24, 2.45) is 0 Å². The molecule has 2 aromatic carbocycles. The van der Waals surface area contributed by atoms with Gasteiger partial charge in [-0.25, -0.2) is 12.8 Å². The molecule has 3 amide bonds. The number of hydrogen-bond acceptors (Lipinski definition) is 6. The van der Waals surface area contributed by atoms with Crippen LogP contribution in [-0.2, 0) is 19.6 Å². The molecule has 8 nitrogen and oxygen atoms in total. The molecular weight excluding hydrogens is 469 g/mol. The zero-order valence-electron chi connectivity index (χ0n) is 17.9. The number of aryl methyl sites for hydroxylation is 1. The highest BCUT2D eigenvalue weighted by molar-refractivity contribution is 8.18. The quantitative estimate of drug-likeness (QED) is 0.549. The van der Waals surface area contributed by atoms with Crippen LogP contribution in [0.2, 0.25) is 0 Å². The second kappa shape index (κ2) is 10.3. The van der Waals surface area contributed by atoms with E-state index in [1.54, 1.807) is 6.08 Å². The maximum Gasteiger partial charge on any atom is 0.293 e. The summed E-state index contributed by atoms with van der Waals surface area (Å²) < 4.78 is 40.5. The number of rotatable bonds is 8. The average Bonchev–Trinajstić information content (AvgIpc) is 3.02. The minimum atomic E-state index is -4.25. The fourth-order valence-electron chi connectivity index (χ4n) is 2.96. The Morgan fingerprint density at radius 1 is 1.15 bits per heavy atom. The van der Waals surface area contributed by atoms with Crippen molar-refractivity contribution < 1.29 is 27.2 Å². The maximum absolute atomic E-state index is 13.8. The number of imide groups is 1. The van der Waals surface area contributed by atoms with Crippen LogP contribution < -0.4 is 10.0 Å². The van der Waals surface area contributed by atoms with E-state index in [4.69, 9.17) is 0 Å². The number of benzene rings is 2. The molecule has 1 aliphatic rings. The monoisotopic (exact) mass is 491 g/mol. The summed E-state index contributed by atoms with van der Waals surface area (Å²) in [5, 5.41) is 2.02. The zero-order valence-corrected chi connectivity index (χ0v) is 19.5. The van der Waals surface area contributed by atoms with E-state index < -0.39 is 43.8 Å².